The van der Waals surface area contributed by atoms with Crippen molar-refractivity contribution in [1.29, 1.82) is 0 Å². The van der Waals surface area contributed by atoms with Crippen LogP contribution in [-0.4, -0.2) is 80.1 Å². The van der Waals surface area contributed by atoms with Crippen molar-refractivity contribution in [2.45, 2.75) is 59.0 Å². The molecule has 3 amide bonds. The van der Waals surface area contributed by atoms with E-state index in [-0.39, 0.29) is 42.3 Å². The first kappa shape index (κ1) is 35.2. The molecule has 0 fully saturated rings. The molecule has 0 bridgehead atoms. The molecule has 2 atom stereocenters. The van der Waals surface area contributed by atoms with Crippen molar-refractivity contribution < 1.29 is 27.9 Å². The summed E-state index contributed by atoms with van der Waals surface area (Å²) in [6, 6.07) is 8.50. The number of hydrogen-bond donors (Lipinski definition) is 2. The van der Waals surface area contributed by atoms with Crippen LogP contribution in [0.2, 0.25) is 0 Å². The number of nitrogens with zero attached hydrogens (tertiary/aromatic N) is 5. The molecule has 3 rings (SSSR count). The van der Waals surface area contributed by atoms with Crippen molar-refractivity contribution in [1.82, 2.24) is 24.0 Å². The first-order valence-electron chi connectivity index (χ1n) is 13.6. The van der Waals surface area contributed by atoms with Crippen molar-refractivity contribution >= 4 is 40.2 Å². The van der Waals surface area contributed by atoms with Gasteiger partial charge < -0.3 is 15.7 Å². The maximum Gasteiger partial charge on any atom is 0.259 e. The van der Waals surface area contributed by atoms with Gasteiger partial charge in [0.15, 0.2) is 0 Å². The maximum absolute atomic E-state index is 14.3. The third-order valence-electron chi connectivity index (χ3n) is 6.88. The van der Waals surface area contributed by atoms with Crippen molar-refractivity contribution in [3.8, 4) is 11.4 Å². The Morgan fingerprint density at radius 2 is 1.74 bits per heavy atom. The number of aromatic nitrogens is 3. The molecule has 12 nitrogen and oxygen atoms in total. The Morgan fingerprint density at radius 3 is 2.26 bits per heavy atom. The number of carbonyl (C=O) groups is 3. The molecule has 1 aromatic heterocycles. The molecule has 0 unspecified atom stereocenters. The minimum Gasteiger partial charge on any atom is -0.508 e. The highest BCUT2D eigenvalue weighted by atomic mass is 35.5. The molecule has 3 N–H and O–H groups in total. The third-order valence-corrected chi connectivity index (χ3v) is 8.69. The number of hydrogen-bond acceptors (Lipinski definition) is 8. The molecule has 234 valence electrons. The van der Waals surface area contributed by atoms with Gasteiger partial charge in [0.2, 0.25) is 15.9 Å². The maximum atomic E-state index is 14.3. The molecule has 0 aliphatic heterocycles. The van der Waals surface area contributed by atoms with Crippen LogP contribution in [0.15, 0.2) is 55.1 Å². The van der Waals surface area contributed by atoms with Crippen LogP contribution in [0.1, 0.15) is 55.1 Å². The number of halogens is 1. The average Bonchev–Trinajstić information content (AvgIpc) is 3.47. The van der Waals surface area contributed by atoms with Gasteiger partial charge in [-0.15, -0.1) is 12.4 Å². The van der Waals surface area contributed by atoms with Crippen molar-refractivity contribution in [3.63, 3.8) is 0 Å². The summed E-state index contributed by atoms with van der Waals surface area (Å²) in [4.78, 5) is 45.7. The smallest absolute Gasteiger partial charge is 0.259 e. The summed E-state index contributed by atoms with van der Waals surface area (Å²) in [5, 5.41) is 14.2. The number of amides is 3. The van der Waals surface area contributed by atoms with Gasteiger partial charge in [-0.25, -0.2) is 22.4 Å². The van der Waals surface area contributed by atoms with Gasteiger partial charge >= 0.3 is 0 Å². The number of unbranched alkanes of at least 4 members (excludes halogenated alkanes) is 1. The number of aryl methyl sites for hydroxylation is 1. The molecular formula is C29H39ClN6O6S. The van der Waals surface area contributed by atoms with Gasteiger partial charge in [0.05, 0.1) is 11.4 Å². The predicted octanol–water partition coefficient (Wildman–Crippen LogP) is 2.85. The molecule has 0 aliphatic carbocycles. The standard InChI is InChI=1S/C29H38N6O6S.ClH/c1-6-7-12-42(40,41)35(26(19(2)3)27(30)37)29(39)25(33(5)28(38)22-13-20(4)14-24(36)16-22)15-21-8-10-23(11-9-21)34-18-31-17-32-34;/h8-11,13-14,16-19,25-26,36H,6-7,12,15H2,1-5H3,(H2,30,37);1H/t25-,26-;/m0./s1. The topological polar surface area (TPSA) is 169 Å². The van der Waals surface area contributed by atoms with Gasteiger partial charge in [-0.1, -0.05) is 39.3 Å². The van der Waals surface area contributed by atoms with Gasteiger partial charge in [0.25, 0.3) is 11.8 Å². The molecule has 0 spiro atoms. The van der Waals surface area contributed by atoms with Crippen molar-refractivity contribution in [2.24, 2.45) is 11.7 Å². The number of nitrogens with two attached hydrogens (primary N) is 1. The SMILES string of the molecule is CCCCS(=O)(=O)N(C(=O)[C@H](Cc1ccc(-n2cncn2)cc1)N(C)C(=O)c1cc(C)cc(O)c1)[C@H](C(N)=O)C(C)C.Cl. The van der Waals surface area contributed by atoms with Gasteiger partial charge in [-0.3, -0.25) is 14.4 Å². The summed E-state index contributed by atoms with van der Waals surface area (Å²) in [5.74, 6) is -3.65. The second-order valence-corrected chi connectivity index (χ2v) is 12.6. The highest BCUT2D eigenvalue weighted by Crippen LogP contribution is 2.24. The van der Waals surface area contributed by atoms with E-state index in [1.165, 1.54) is 31.8 Å². The molecule has 0 radical (unpaired) electrons. The molecule has 14 heteroatoms. The molecule has 2 aromatic carbocycles. The lowest BCUT2D eigenvalue weighted by molar-refractivity contribution is -0.138. The molecule has 1 heterocycles. The van der Waals surface area contributed by atoms with E-state index in [0.29, 0.717) is 27.5 Å². The number of sulfonamides is 1. The molecule has 3 aromatic rings. The Hall–Kier alpha value is -3.97. The van der Waals surface area contributed by atoms with Gasteiger partial charge in [-0.05, 0) is 60.7 Å². The number of phenolic OH excluding ortho intramolecular Hbond substituents is 1. The van der Waals surface area contributed by atoms with E-state index in [1.807, 2.05) is 6.92 Å². The van der Waals surface area contributed by atoms with Crippen molar-refractivity contribution in [3.05, 3.63) is 71.8 Å². The lowest BCUT2D eigenvalue weighted by Gasteiger charge is -2.36. The first-order valence-corrected chi connectivity index (χ1v) is 15.2. The van der Waals surface area contributed by atoms with E-state index >= 15 is 0 Å². The number of likely N-dealkylation sites (N-methyl/N-ethyl adjacent to an activating group) is 1. The Kier molecular flexibility index (Phi) is 12.3. The Balaban J connectivity index is 0.00000645. The first-order chi connectivity index (χ1) is 19.8. The predicted molar refractivity (Wildman–Crippen MR) is 164 cm³/mol. The molecule has 0 saturated heterocycles. The Morgan fingerprint density at radius 1 is 1.09 bits per heavy atom. The number of benzene rings is 2. The van der Waals surface area contributed by atoms with Crippen LogP contribution in [-0.2, 0) is 26.0 Å². The lowest BCUT2D eigenvalue weighted by atomic mass is 9.99. The number of aromatic hydroxyl groups is 1. The summed E-state index contributed by atoms with van der Waals surface area (Å²) >= 11 is 0. The average molecular weight is 635 g/mol. The van der Waals surface area contributed by atoms with Crippen LogP contribution < -0.4 is 5.73 Å². The quantitative estimate of drug-likeness (QED) is 0.289. The van der Waals surface area contributed by atoms with Crippen LogP contribution in [0.25, 0.3) is 5.69 Å². The van der Waals surface area contributed by atoms with Gasteiger partial charge in [0, 0.05) is 19.0 Å². The fourth-order valence-corrected chi connectivity index (χ4v) is 6.64. The van der Waals surface area contributed by atoms with Crippen LogP contribution in [0.5, 0.6) is 5.75 Å². The second-order valence-electron chi connectivity index (χ2n) is 10.6. The van der Waals surface area contributed by atoms with Gasteiger partial charge in [0.1, 0.15) is 30.5 Å². The minimum absolute atomic E-state index is 0. The van der Waals surface area contributed by atoms with E-state index < -0.39 is 45.7 Å². The normalized spacial score (nSPS) is 12.7. The van der Waals surface area contributed by atoms with Crippen molar-refractivity contribution in [2.75, 3.05) is 12.8 Å². The molecule has 0 aliphatic rings. The largest absolute Gasteiger partial charge is 0.508 e. The van der Waals surface area contributed by atoms with Crippen LogP contribution in [0, 0.1) is 12.8 Å². The fourth-order valence-electron chi connectivity index (χ4n) is 4.71. The van der Waals surface area contributed by atoms with E-state index in [2.05, 4.69) is 10.1 Å². The highest BCUT2D eigenvalue weighted by molar-refractivity contribution is 7.89. The fraction of sp³-hybridized carbons (Fsp3) is 0.414. The highest BCUT2D eigenvalue weighted by Gasteiger charge is 2.43. The third kappa shape index (κ3) is 8.54. The zero-order valence-electron chi connectivity index (χ0n) is 24.9. The summed E-state index contributed by atoms with van der Waals surface area (Å²) < 4.78 is 29.4. The van der Waals surface area contributed by atoms with Gasteiger partial charge in [-0.2, -0.15) is 5.10 Å². The zero-order chi connectivity index (χ0) is 31.2. The number of rotatable bonds is 13. The number of carbonyl (C=O) groups excluding carboxylic acids is 3. The van der Waals surface area contributed by atoms with Crippen LogP contribution >= 0.6 is 12.4 Å². The van der Waals surface area contributed by atoms with E-state index in [0.717, 1.165) is 4.90 Å². The zero-order valence-corrected chi connectivity index (χ0v) is 26.5. The minimum atomic E-state index is -4.30. The van der Waals surface area contributed by atoms with Crippen LogP contribution in [0.4, 0.5) is 0 Å². The monoisotopic (exact) mass is 634 g/mol. The molecule has 43 heavy (non-hydrogen) atoms. The molecular weight excluding hydrogens is 596 g/mol. The second kappa shape index (κ2) is 15.0. The summed E-state index contributed by atoms with van der Waals surface area (Å²) in [6.07, 6.45) is 3.66. The molecule has 0 saturated carbocycles. The Labute approximate surface area is 258 Å². The summed E-state index contributed by atoms with van der Waals surface area (Å²) in [6.45, 7) is 6.73. The number of phenols is 1. The van der Waals surface area contributed by atoms with E-state index in [9.17, 15) is 27.9 Å². The summed E-state index contributed by atoms with van der Waals surface area (Å²) in [7, 11) is -2.91. The number of primary amides is 1. The summed E-state index contributed by atoms with van der Waals surface area (Å²) in [5.41, 5.74) is 7.72. The lowest BCUT2D eigenvalue weighted by Crippen LogP contribution is -2.59. The Bertz CT molecular complexity index is 1490. The van der Waals surface area contributed by atoms with E-state index in [1.54, 1.807) is 55.8 Å². The van der Waals surface area contributed by atoms with E-state index in [4.69, 9.17) is 5.73 Å². The van der Waals surface area contributed by atoms with Crippen LogP contribution in [0.3, 0.4) is 0 Å².